The van der Waals surface area contributed by atoms with Gasteiger partial charge in [0.15, 0.2) is 0 Å². The van der Waals surface area contributed by atoms with Crippen molar-refractivity contribution in [2.75, 3.05) is 11.1 Å². The van der Waals surface area contributed by atoms with E-state index in [1.54, 1.807) is 18.3 Å². The maximum atomic E-state index is 11.9. The number of carbonyl (C=O) groups is 1. The number of carbonyl (C=O) groups excluding carboxylic acids is 1. The van der Waals surface area contributed by atoms with Gasteiger partial charge in [0.2, 0.25) is 0 Å². The van der Waals surface area contributed by atoms with Gasteiger partial charge >= 0.3 is 0 Å². The van der Waals surface area contributed by atoms with Crippen molar-refractivity contribution in [3.05, 3.63) is 47.5 Å². The molecule has 0 aliphatic rings. The van der Waals surface area contributed by atoms with Crippen LogP contribution in [0, 0.1) is 0 Å². The van der Waals surface area contributed by atoms with Crippen LogP contribution in [0.5, 0.6) is 0 Å². The monoisotopic (exact) mass is 248 g/mol. The number of halogens is 1. The summed E-state index contributed by atoms with van der Waals surface area (Å²) in [4.78, 5) is 19.5. The first-order valence-corrected chi connectivity index (χ1v) is 5.17. The normalized spacial score (nSPS) is 9.94. The van der Waals surface area contributed by atoms with Gasteiger partial charge in [-0.25, -0.2) is 4.98 Å². The van der Waals surface area contributed by atoms with E-state index >= 15 is 0 Å². The summed E-state index contributed by atoms with van der Waals surface area (Å²) in [5.74, 6) is -0.347. The summed E-state index contributed by atoms with van der Waals surface area (Å²) >= 11 is 5.70. The van der Waals surface area contributed by atoms with Crippen LogP contribution in [0.2, 0.25) is 5.15 Å². The van der Waals surface area contributed by atoms with Crippen molar-refractivity contribution in [3.8, 4) is 0 Å². The molecule has 2 rings (SSSR count). The zero-order valence-corrected chi connectivity index (χ0v) is 9.48. The molecule has 2 aromatic heterocycles. The van der Waals surface area contributed by atoms with E-state index in [1.165, 1.54) is 18.5 Å². The summed E-state index contributed by atoms with van der Waals surface area (Å²) in [6.45, 7) is 0. The van der Waals surface area contributed by atoms with Crippen LogP contribution in [0.25, 0.3) is 0 Å². The van der Waals surface area contributed by atoms with Gasteiger partial charge in [-0.05, 0) is 18.2 Å². The molecule has 0 saturated heterocycles. The van der Waals surface area contributed by atoms with Gasteiger partial charge in [-0.2, -0.15) is 0 Å². The van der Waals surface area contributed by atoms with Gasteiger partial charge in [-0.1, -0.05) is 11.6 Å². The summed E-state index contributed by atoms with van der Waals surface area (Å²) in [6, 6.07) is 4.87. The van der Waals surface area contributed by atoms with E-state index in [9.17, 15) is 4.79 Å². The summed E-state index contributed by atoms with van der Waals surface area (Å²) in [5, 5.41) is 2.88. The molecule has 0 aliphatic heterocycles. The Labute approximate surface area is 103 Å². The number of nitrogens with one attached hydrogen (secondary N) is 1. The van der Waals surface area contributed by atoms with E-state index in [0.29, 0.717) is 5.69 Å². The van der Waals surface area contributed by atoms with Crippen molar-refractivity contribution in [1.82, 2.24) is 9.97 Å². The third kappa shape index (κ3) is 2.70. The van der Waals surface area contributed by atoms with E-state index < -0.39 is 0 Å². The van der Waals surface area contributed by atoms with E-state index in [2.05, 4.69) is 15.3 Å². The molecule has 2 aromatic rings. The molecule has 0 aliphatic carbocycles. The lowest BCUT2D eigenvalue weighted by molar-refractivity contribution is 0.102. The molecule has 3 N–H and O–H groups in total. The maximum absolute atomic E-state index is 11.9. The standard InChI is InChI=1S/C11H9ClN4O/c12-10-4-8(9(13)6-15-10)11(17)16-7-2-1-3-14-5-7/h1-6H,13H2,(H,16,17). The zero-order valence-electron chi connectivity index (χ0n) is 8.72. The Hall–Kier alpha value is -2.14. The number of nitrogens with two attached hydrogens (primary N) is 1. The Morgan fingerprint density at radius 1 is 1.41 bits per heavy atom. The highest BCUT2D eigenvalue weighted by Crippen LogP contribution is 2.16. The quantitative estimate of drug-likeness (QED) is 0.796. The van der Waals surface area contributed by atoms with Crippen LogP contribution in [0.15, 0.2) is 36.8 Å². The van der Waals surface area contributed by atoms with Gasteiger partial charge in [0.05, 0.1) is 29.3 Å². The van der Waals surface area contributed by atoms with Crippen molar-refractivity contribution in [2.45, 2.75) is 0 Å². The number of anilines is 2. The Morgan fingerprint density at radius 3 is 2.94 bits per heavy atom. The second-order valence-corrected chi connectivity index (χ2v) is 3.68. The Morgan fingerprint density at radius 2 is 2.24 bits per heavy atom. The van der Waals surface area contributed by atoms with Crippen molar-refractivity contribution >= 4 is 28.9 Å². The molecule has 0 spiro atoms. The molecule has 0 atom stereocenters. The number of nitrogens with zero attached hydrogens (tertiary/aromatic N) is 2. The van der Waals surface area contributed by atoms with Crippen molar-refractivity contribution in [1.29, 1.82) is 0 Å². The van der Waals surface area contributed by atoms with Gasteiger partial charge in [-0.15, -0.1) is 0 Å². The average Bonchev–Trinajstić information content (AvgIpc) is 2.33. The topological polar surface area (TPSA) is 80.9 Å². The van der Waals surface area contributed by atoms with Gasteiger partial charge in [0.1, 0.15) is 5.15 Å². The van der Waals surface area contributed by atoms with E-state index in [4.69, 9.17) is 17.3 Å². The molecular formula is C11H9ClN4O. The first kappa shape index (κ1) is 11.3. The van der Waals surface area contributed by atoms with Crippen molar-refractivity contribution < 1.29 is 4.79 Å². The molecule has 6 heteroatoms. The second-order valence-electron chi connectivity index (χ2n) is 3.29. The van der Waals surface area contributed by atoms with Gasteiger partial charge in [0.25, 0.3) is 5.91 Å². The van der Waals surface area contributed by atoms with Crippen LogP contribution in [0.1, 0.15) is 10.4 Å². The van der Waals surface area contributed by atoms with Crippen LogP contribution in [-0.2, 0) is 0 Å². The molecule has 1 amide bonds. The molecule has 0 bridgehead atoms. The molecule has 5 nitrogen and oxygen atoms in total. The maximum Gasteiger partial charge on any atom is 0.257 e. The summed E-state index contributed by atoms with van der Waals surface area (Å²) in [7, 11) is 0. The smallest absolute Gasteiger partial charge is 0.257 e. The average molecular weight is 249 g/mol. The third-order valence-electron chi connectivity index (χ3n) is 2.07. The molecule has 17 heavy (non-hydrogen) atoms. The minimum atomic E-state index is -0.347. The largest absolute Gasteiger partial charge is 0.397 e. The summed E-state index contributed by atoms with van der Waals surface area (Å²) in [5.41, 5.74) is 6.79. The number of hydrogen-bond acceptors (Lipinski definition) is 4. The Kier molecular flexibility index (Phi) is 3.20. The van der Waals surface area contributed by atoms with Crippen LogP contribution in [0.3, 0.4) is 0 Å². The Balaban J connectivity index is 2.23. The number of nitrogen functional groups attached to an aromatic ring is 1. The van der Waals surface area contributed by atoms with Gasteiger partial charge in [-0.3, -0.25) is 9.78 Å². The van der Waals surface area contributed by atoms with E-state index in [-0.39, 0.29) is 22.3 Å². The first-order chi connectivity index (χ1) is 8.16. The highest BCUT2D eigenvalue weighted by atomic mass is 35.5. The fourth-order valence-corrected chi connectivity index (χ4v) is 1.43. The summed E-state index contributed by atoms with van der Waals surface area (Å²) in [6.07, 6.45) is 4.50. The molecular weight excluding hydrogens is 240 g/mol. The van der Waals surface area contributed by atoms with E-state index in [1.807, 2.05) is 0 Å². The predicted molar refractivity (Wildman–Crippen MR) is 65.8 cm³/mol. The lowest BCUT2D eigenvalue weighted by Gasteiger charge is -2.06. The fraction of sp³-hybridized carbons (Fsp3) is 0. The first-order valence-electron chi connectivity index (χ1n) is 4.79. The zero-order chi connectivity index (χ0) is 12.3. The molecule has 0 unspecified atom stereocenters. The second kappa shape index (κ2) is 4.80. The van der Waals surface area contributed by atoms with Gasteiger partial charge < -0.3 is 11.1 Å². The number of amides is 1. The molecule has 0 fully saturated rings. The number of hydrogen-bond donors (Lipinski definition) is 2. The number of aromatic nitrogens is 2. The van der Waals surface area contributed by atoms with Gasteiger partial charge in [0, 0.05) is 6.20 Å². The Bertz CT molecular complexity index is 544. The fourth-order valence-electron chi connectivity index (χ4n) is 1.27. The van der Waals surface area contributed by atoms with E-state index in [0.717, 1.165) is 0 Å². The van der Waals surface area contributed by atoms with Crippen LogP contribution in [0.4, 0.5) is 11.4 Å². The summed E-state index contributed by atoms with van der Waals surface area (Å²) < 4.78 is 0. The third-order valence-corrected chi connectivity index (χ3v) is 2.27. The molecule has 0 saturated carbocycles. The minimum absolute atomic E-state index is 0.218. The molecule has 0 radical (unpaired) electrons. The van der Waals surface area contributed by atoms with Crippen molar-refractivity contribution in [2.24, 2.45) is 0 Å². The SMILES string of the molecule is Nc1cnc(Cl)cc1C(=O)Nc1cccnc1. The molecule has 0 aromatic carbocycles. The molecule has 2 heterocycles. The van der Waals surface area contributed by atoms with Crippen LogP contribution < -0.4 is 11.1 Å². The highest BCUT2D eigenvalue weighted by molar-refractivity contribution is 6.30. The minimum Gasteiger partial charge on any atom is -0.397 e. The number of rotatable bonds is 2. The van der Waals surface area contributed by atoms with Crippen LogP contribution >= 0.6 is 11.6 Å². The lowest BCUT2D eigenvalue weighted by Crippen LogP contribution is -2.14. The molecule has 86 valence electrons. The van der Waals surface area contributed by atoms with Crippen molar-refractivity contribution in [3.63, 3.8) is 0 Å². The lowest BCUT2D eigenvalue weighted by atomic mass is 10.2. The number of pyridine rings is 2. The van der Waals surface area contributed by atoms with Crippen LogP contribution in [-0.4, -0.2) is 15.9 Å². The highest BCUT2D eigenvalue weighted by Gasteiger charge is 2.11. The predicted octanol–water partition coefficient (Wildman–Crippen LogP) is 1.96.